The van der Waals surface area contributed by atoms with Gasteiger partial charge in [0.25, 0.3) is 0 Å². The Bertz CT molecular complexity index is 148. The first-order valence-electron chi connectivity index (χ1n) is 7.19. The van der Waals surface area contributed by atoms with Gasteiger partial charge in [-0.1, -0.05) is 77.2 Å². The number of hydrogen-bond acceptors (Lipinski definition) is 1. The van der Waals surface area contributed by atoms with Crippen LogP contribution in [0.25, 0.3) is 0 Å². The van der Waals surface area contributed by atoms with Gasteiger partial charge < -0.3 is 5.73 Å². The number of rotatable bonds is 12. The fourth-order valence-electron chi connectivity index (χ4n) is 1.99. The molecule has 0 amide bonds. The van der Waals surface area contributed by atoms with Crippen molar-refractivity contribution in [1.29, 1.82) is 0 Å². The molecule has 0 aromatic carbocycles. The number of nitrogens with two attached hydrogens (primary N) is 1. The highest BCUT2D eigenvalue weighted by Gasteiger charge is 1.96. The lowest BCUT2D eigenvalue weighted by atomic mass is 10.0. The van der Waals surface area contributed by atoms with Crippen molar-refractivity contribution < 1.29 is 0 Å². The van der Waals surface area contributed by atoms with Crippen molar-refractivity contribution in [2.75, 3.05) is 0 Å². The molecule has 0 aliphatic rings. The van der Waals surface area contributed by atoms with E-state index in [1.165, 1.54) is 64.2 Å². The van der Waals surface area contributed by atoms with Gasteiger partial charge in [-0.25, -0.2) is 0 Å². The zero-order valence-electron chi connectivity index (χ0n) is 11.6. The van der Waals surface area contributed by atoms with E-state index in [4.69, 9.17) is 5.73 Å². The van der Waals surface area contributed by atoms with Crippen LogP contribution in [0.5, 0.6) is 0 Å². The second-order valence-corrected chi connectivity index (χ2v) is 4.87. The van der Waals surface area contributed by atoms with Gasteiger partial charge in [0.2, 0.25) is 0 Å². The summed E-state index contributed by atoms with van der Waals surface area (Å²) in [5, 5.41) is 0. The van der Waals surface area contributed by atoms with Gasteiger partial charge in [-0.15, -0.1) is 23.6 Å². The zero-order chi connectivity index (χ0) is 12.1. The number of unbranched alkanes of at least 4 members (excludes halogenated alkanes) is 9. The lowest BCUT2D eigenvalue weighted by molar-refractivity contribution is 0.542. The average Bonchev–Trinajstić information content (AvgIpc) is 2.31. The molecule has 0 aromatic rings. The van der Waals surface area contributed by atoms with E-state index in [0.717, 1.165) is 6.42 Å². The topological polar surface area (TPSA) is 26.0 Å². The lowest BCUT2D eigenvalue weighted by Gasteiger charge is -2.05. The van der Waals surface area contributed by atoms with Gasteiger partial charge in [-0.05, 0) is 6.42 Å². The molecule has 2 N–H and O–H groups in total. The molecule has 0 aliphatic carbocycles. The molecule has 2 heteroatoms. The SMILES string of the molecule is Br.C=CC(N)CCCCCCCCCCCC. The maximum Gasteiger partial charge on any atom is 0.0221 e. The molecule has 0 aromatic heterocycles. The largest absolute Gasteiger partial charge is 0.324 e. The Morgan fingerprint density at radius 2 is 1.29 bits per heavy atom. The molecule has 104 valence electrons. The Morgan fingerprint density at radius 3 is 1.71 bits per heavy atom. The molecular weight excluding hydrogens is 274 g/mol. The molecule has 1 nitrogen and oxygen atoms in total. The monoisotopic (exact) mass is 305 g/mol. The van der Waals surface area contributed by atoms with Gasteiger partial charge in [0.15, 0.2) is 0 Å². The summed E-state index contributed by atoms with van der Waals surface area (Å²) in [7, 11) is 0. The minimum absolute atomic E-state index is 0. The smallest absolute Gasteiger partial charge is 0.0221 e. The summed E-state index contributed by atoms with van der Waals surface area (Å²) in [6, 6.07) is 0.217. The molecule has 1 unspecified atom stereocenters. The van der Waals surface area contributed by atoms with E-state index < -0.39 is 0 Å². The van der Waals surface area contributed by atoms with Crippen LogP contribution >= 0.6 is 17.0 Å². The molecule has 0 saturated carbocycles. The first-order valence-corrected chi connectivity index (χ1v) is 7.19. The van der Waals surface area contributed by atoms with Gasteiger partial charge in [-0.2, -0.15) is 0 Å². The predicted octanol–water partition coefficient (Wildman–Crippen LogP) is 5.39. The third-order valence-corrected chi connectivity index (χ3v) is 3.19. The van der Waals surface area contributed by atoms with Gasteiger partial charge in [0, 0.05) is 6.04 Å². The summed E-state index contributed by atoms with van der Waals surface area (Å²) in [5.74, 6) is 0. The van der Waals surface area contributed by atoms with Gasteiger partial charge in [0.05, 0.1) is 0 Å². The number of halogens is 1. The summed E-state index contributed by atoms with van der Waals surface area (Å²) in [6.07, 6.45) is 16.9. The highest BCUT2D eigenvalue weighted by atomic mass is 79.9. The third-order valence-electron chi connectivity index (χ3n) is 3.19. The van der Waals surface area contributed by atoms with E-state index in [-0.39, 0.29) is 23.0 Å². The molecule has 0 bridgehead atoms. The van der Waals surface area contributed by atoms with E-state index in [9.17, 15) is 0 Å². The normalized spacial score (nSPS) is 11.9. The molecule has 1 atom stereocenters. The Balaban J connectivity index is 0. The van der Waals surface area contributed by atoms with Crippen molar-refractivity contribution in [3.8, 4) is 0 Å². The van der Waals surface area contributed by atoms with Crippen LogP contribution in [-0.4, -0.2) is 6.04 Å². The molecule has 0 radical (unpaired) electrons. The second-order valence-electron chi connectivity index (χ2n) is 4.87. The molecule has 0 heterocycles. The van der Waals surface area contributed by atoms with E-state index in [2.05, 4.69) is 13.5 Å². The molecule has 0 spiro atoms. The summed E-state index contributed by atoms with van der Waals surface area (Å²) >= 11 is 0. The summed E-state index contributed by atoms with van der Waals surface area (Å²) < 4.78 is 0. The predicted molar refractivity (Wildman–Crippen MR) is 85.0 cm³/mol. The third kappa shape index (κ3) is 16.2. The van der Waals surface area contributed by atoms with Crippen LogP contribution in [-0.2, 0) is 0 Å². The average molecular weight is 306 g/mol. The Kier molecular flexibility index (Phi) is 18.6. The van der Waals surface area contributed by atoms with E-state index in [1.54, 1.807) is 0 Å². The minimum atomic E-state index is 0. The Hall–Kier alpha value is 0.180. The van der Waals surface area contributed by atoms with Crippen LogP contribution in [0.2, 0.25) is 0 Å². The minimum Gasteiger partial charge on any atom is -0.324 e. The van der Waals surface area contributed by atoms with E-state index in [1.807, 2.05) is 6.08 Å². The maximum absolute atomic E-state index is 5.76. The van der Waals surface area contributed by atoms with Gasteiger partial charge in [-0.3, -0.25) is 0 Å². The van der Waals surface area contributed by atoms with Crippen LogP contribution in [0.1, 0.15) is 77.6 Å². The van der Waals surface area contributed by atoms with E-state index in [0.29, 0.717) is 0 Å². The van der Waals surface area contributed by atoms with Crippen molar-refractivity contribution in [2.45, 2.75) is 83.6 Å². The van der Waals surface area contributed by atoms with Crippen molar-refractivity contribution in [3.63, 3.8) is 0 Å². The number of hydrogen-bond donors (Lipinski definition) is 1. The Morgan fingerprint density at radius 1 is 0.882 bits per heavy atom. The van der Waals surface area contributed by atoms with Crippen molar-refractivity contribution in [2.24, 2.45) is 5.73 Å². The highest BCUT2D eigenvalue weighted by molar-refractivity contribution is 8.93. The molecule has 0 fully saturated rings. The van der Waals surface area contributed by atoms with E-state index >= 15 is 0 Å². The van der Waals surface area contributed by atoms with Crippen molar-refractivity contribution in [1.82, 2.24) is 0 Å². The molecular formula is C15H32BrN. The molecule has 0 rings (SSSR count). The highest BCUT2D eigenvalue weighted by Crippen LogP contribution is 2.11. The van der Waals surface area contributed by atoms with Crippen LogP contribution in [0, 0.1) is 0 Å². The van der Waals surface area contributed by atoms with Crippen LogP contribution < -0.4 is 5.73 Å². The standard InChI is InChI=1S/C15H31N.BrH/c1-3-5-6-7-8-9-10-11-12-13-14-15(16)4-2;/h4,15H,2-3,5-14,16H2,1H3;1H. The van der Waals surface area contributed by atoms with Crippen molar-refractivity contribution in [3.05, 3.63) is 12.7 Å². The van der Waals surface area contributed by atoms with Crippen molar-refractivity contribution >= 4 is 17.0 Å². The molecule has 17 heavy (non-hydrogen) atoms. The summed E-state index contributed by atoms with van der Waals surface area (Å²) in [6.45, 7) is 5.97. The summed E-state index contributed by atoms with van der Waals surface area (Å²) in [5.41, 5.74) is 5.76. The summed E-state index contributed by atoms with van der Waals surface area (Å²) in [4.78, 5) is 0. The maximum atomic E-state index is 5.76. The first-order chi connectivity index (χ1) is 7.81. The first kappa shape index (κ1) is 19.5. The zero-order valence-corrected chi connectivity index (χ0v) is 13.3. The van der Waals surface area contributed by atoms with Gasteiger partial charge >= 0.3 is 0 Å². The van der Waals surface area contributed by atoms with Crippen LogP contribution in [0.15, 0.2) is 12.7 Å². The quantitative estimate of drug-likeness (QED) is 0.380. The Labute approximate surface area is 119 Å². The lowest BCUT2D eigenvalue weighted by Crippen LogP contribution is -2.15. The fraction of sp³-hybridized carbons (Fsp3) is 0.867. The second kappa shape index (κ2) is 16.2. The van der Waals surface area contributed by atoms with Gasteiger partial charge in [0.1, 0.15) is 0 Å². The fourth-order valence-corrected chi connectivity index (χ4v) is 1.99. The van der Waals surface area contributed by atoms with Crippen LogP contribution in [0.3, 0.4) is 0 Å². The molecule has 0 saturated heterocycles. The molecule has 0 aliphatic heterocycles. The van der Waals surface area contributed by atoms with Crippen LogP contribution in [0.4, 0.5) is 0 Å².